The molecular weight excluding hydrogens is 164 g/mol. The Hall–Kier alpha value is -1.51. The van der Waals surface area contributed by atoms with Gasteiger partial charge in [0.15, 0.2) is 0 Å². The summed E-state index contributed by atoms with van der Waals surface area (Å²) in [5.41, 5.74) is 6.50. The van der Waals surface area contributed by atoms with Crippen LogP contribution in [0.5, 0.6) is 0 Å². The van der Waals surface area contributed by atoms with E-state index in [1.807, 2.05) is 6.08 Å². The molecule has 0 spiro atoms. The highest BCUT2D eigenvalue weighted by Gasteiger charge is 1.97. The first kappa shape index (κ1) is 9.58. The highest BCUT2D eigenvalue weighted by molar-refractivity contribution is 5.82. The minimum atomic E-state index is 0.250. The standard InChI is InChI=1S/C10H14N2O/c11-10(12-13)8-9-6-4-2-1-3-5-7-9/h1-2,5-7,13H,3-4,8H2,(H2,11,12)/b2-1+,7-5?,9-6?. The molecule has 1 rings (SSSR count). The number of hydrogen-bond donors (Lipinski definition) is 2. The van der Waals surface area contributed by atoms with Gasteiger partial charge in [0, 0.05) is 6.42 Å². The van der Waals surface area contributed by atoms with Crippen molar-refractivity contribution in [2.75, 3.05) is 0 Å². The van der Waals surface area contributed by atoms with E-state index < -0.39 is 0 Å². The predicted molar refractivity (Wildman–Crippen MR) is 53.6 cm³/mol. The molecule has 0 unspecified atom stereocenters. The predicted octanol–water partition coefficient (Wildman–Crippen LogP) is 1.96. The molecule has 0 aromatic heterocycles. The normalized spacial score (nSPS) is 20.3. The summed E-state index contributed by atoms with van der Waals surface area (Å²) in [5.74, 6) is 0.250. The number of allylic oxidation sites excluding steroid dienone is 5. The van der Waals surface area contributed by atoms with Crippen LogP contribution in [-0.4, -0.2) is 11.0 Å². The quantitative estimate of drug-likeness (QED) is 0.223. The van der Waals surface area contributed by atoms with Crippen molar-refractivity contribution < 1.29 is 5.21 Å². The fourth-order valence-corrected chi connectivity index (χ4v) is 1.15. The molecule has 3 nitrogen and oxygen atoms in total. The number of rotatable bonds is 2. The Morgan fingerprint density at radius 3 is 2.92 bits per heavy atom. The van der Waals surface area contributed by atoms with E-state index in [0.717, 1.165) is 18.4 Å². The van der Waals surface area contributed by atoms with E-state index in [0.29, 0.717) is 6.42 Å². The van der Waals surface area contributed by atoms with Crippen LogP contribution in [0.25, 0.3) is 0 Å². The van der Waals surface area contributed by atoms with Crippen LogP contribution in [0.1, 0.15) is 19.3 Å². The molecule has 0 atom stereocenters. The second kappa shape index (κ2) is 5.19. The fraction of sp³-hybridized carbons (Fsp3) is 0.300. The van der Waals surface area contributed by atoms with Crippen molar-refractivity contribution in [3.05, 3.63) is 36.0 Å². The number of nitrogens with two attached hydrogens (primary N) is 1. The highest BCUT2D eigenvalue weighted by atomic mass is 16.4. The van der Waals surface area contributed by atoms with E-state index in [-0.39, 0.29) is 5.84 Å². The molecule has 70 valence electrons. The van der Waals surface area contributed by atoms with Gasteiger partial charge in [-0.25, -0.2) is 0 Å². The monoisotopic (exact) mass is 178 g/mol. The van der Waals surface area contributed by atoms with Crippen LogP contribution in [-0.2, 0) is 0 Å². The van der Waals surface area contributed by atoms with Gasteiger partial charge in [-0.2, -0.15) is 0 Å². The molecule has 1 aliphatic rings. The zero-order valence-electron chi connectivity index (χ0n) is 7.48. The van der Waals surface area contributed by atoms with Gasteiger partial charge in [-0.3, -0.25) is 0 Å². The smallest absolute Gasteiger partial charge is 0.143 e. The summed E-state index contributed by atoms with van der Waals surface area (Å²) in [5, 5.41) is 11.3. The highest BCUT2D eigenvalue weighted by Crippen LogP contribution is 2.09. The van der Waals surface area contributed by atoms with E-state index >= 15 is 0 Å². The number of hydrogen-bond acceptors (Lipinski definition) is 2. The van der Waals surface area contributed by atoms with Gasteiger partial charge in [0.2, 0.25) is 0 Å². The third-order valence-corrected chi connectivity index (χ3v) is 1.80. The van der Waals surface area contributed by atoms with Gasteiger partial charge >= 0.3 is 0 Å². The van der Waals surface area contributed by atoms with Gasteiger partial charge in [0.05, 0.1) is 0 Å². The maximum absolute atomic E-state index is 8.39. The maximum atomic E-state index is 8.39. The van der Waals surface area contributed by atoms with Gasteiger partial charge in [0.1, 0.15) is 5.84 Å². The van der Waals surface area contributed by atoms with Gasteiger partial charge in [-0.1, -0.05) is 35.5 Å². The Balaban J connectivity index is 2.62. The van der Waals surface area contributed by atoms with Crippen LogP contribution in [0.15, 0.2) is 41.1 Å². The van der Waals surface area contributed by atoms with Crippen LogP contribution in [0.3, 0.4) is 0 Å². The largest absolute Gasteiger partial charge is 0.409 e. The average Bonchev–Trinajstić information content (AvgIpc) is 2.09. The third kappa shape index (κ3) is 3.60. The van der Waals surface area contributed by atoms with Crippen LogP contribution < -0.4 is 5.73 Å². The van der Waals surface area contributed by atoms with E-state index in [2.05, 4.69) is 29.5 Å². The van der Waals surface area contributed by atoms with E-state index in [4.69, 9.17) is 10.9 Å². The van der Waals surface area contributed by atoms with Crippen LogP contribution in [0.4, 0.5) is 0 Å². The molecular formula is C10H14N2O. The van der Waals surface area contributed by atoms with Crippen molar-refractivity contribution in [2.45, 2.75) is 19.3 Å². The van der Waals surface area contributed by atoms with Gasteiger partial charge in [0.25, 0.3) is 0 Å². The molecule has 3 N–H and O–H groups in total. The molecule has 0 bridgehead atoms. The van der Waals surface area contributed by atoms with Gasteiger partial charge in [-0.05, 0) is 18.4 Å². The van der Waals surface area contributed by atoms with Gasteiger partial charge < -0.3 is 10.9 Å². The summed E-state index contributed by atoms with van der Waals surface area (Å²) in [6, 6.07) is 0. The summed E-state index contributed by atoms with van der Waals surface area (Å²) in [6.45, 7) is 0. The van der Waals surface area contributed by atoms with Crippen molar-refractivity contribution in [3.8, 4) is 0 Å². The fourth-order valence-electron chi connectivity index (χ4n) is 1.15. The average molecular weight is 178 g/mol. The first-order valence-corrected chi connectivity index (χ1v) is 4.30. The lowest BCUT2D eigenvalue weighted by Gasteiger charge is -2.01. The Kier molecular flexibility index (Phi) is 3.82. The Morgan fingerprint density at radius 2 is 2.15 bits per heavy atom. The topological polar surface area (TPSA) is 58.6 Å². The summed E-state index contributed by atoms with van der Waals surface area (Å²) < 4.78 is 0. The number of nitrogens with zero attached hydrogens (tertiary/aromatic N) is 1. The molecule has 1 aliphatic carbocycles. The van der Waals surface area contributed by atoms with Crippen molar-refractivity contribution in [2.24, 2.45) is 10.9 Å². The molecule has 0 saturated carbocycles. The van der Waals surface area contributed by atoms with Crippen molar-refractivity contribution in [3.63, 3.8) is 0 Å². The van der Waals surface area contributed by atoms with Gasteiger partial charge in [-0.15, -0.1) is 0 Å². The zero-order valence-corrected chi connectivity index (χ0v) is 7.48. The molecule has 0 fully saturated rings. The van der Waals surface area contributed by atoms with Crippen molar-refractivity contribution in [1.29, 1.82) is 0 Å². The molecule has 3 heteroatoms. The zero-order chi connectivity index (χ0) is 9.52. The lowest BCUT2D eigenvalue weighted by molar-refractivity contribution is 0.317. The lowest BCUT2D eigenvalue weighted by Crippen LogP contribution is -2.11. The minimum Gasteiger partial charge on any atom is -0.409 e. The Bertz CT molecular complexity index is 275. The number of amidine groups is 1. The maximum Gasteiger partial charge on any atom is 0.143 e. The van der Waals surface area contributed by atoms with Crippen LogP contribution in [0, 0.1) is 0 Å². The first-order valence-electron chi connectivity index (χ1n) is 4.30. The second-order valence-electron chi connectivity index (χ2n) is 2.89. The number of oxime groups is 1. The summed E-state index contributed by atoms with van der Waals surface area (Å²) >= 11 is 0. The molecule has 0 aromatic rings. The molecule has 0 amide bonds. The third-order valence-electron chi connectivity index (χ3n) is 1.80. The summed E-state index contributed by atoms with van der Waals surface area (Å²) in [4.78, 5) is 0. The van der Waals surface area contributed by atoms with Crippen molar-refractivity contribution in [1.82, 2.24) is 0 Å². The molecule has 0 heterocycles. The second-order valence-corrected chi connectivity index (χ2v) is 2.89. The van der Waals surface area contributed by atoms with Crippen molar-refractivity contribution >= 4 is 5.84 Å². The lowest BCUT2D eigenvalue weighted by atomic mass is 10.1. The van der Waals surface area contributed by atoms with E-state index in [9.17, 15) is 0 Å². The molecule has 0 radical (unpaired) electrons. The Morgan fingerprint density at radius 1 is 1.38 bits per heavy atom. The van der Waals surface area contributed by atoms with E-state index in [1.165, 1.54) is 0 Å². The SMILES string of the molecule is N/C(CC1=CC/C=C/CC=C1)=N\O. The summed E-state index contributed by atoms with van der Waals surface area (Å²) in [6.07, 6.45) is 12.8. The molecule has 13 heavy (non-hydrogen) atoms. The van der Waals surface area contributed by atoms with E-state index in [1.54, 1.807) is 0 Å². The summed E-state index contributed by atoms with van der Waals surface area (Å²) in [7, 11) is 0. The molecule has 0 aromatic carbocycles. The molecule has 0 saturated heterocycles. The molecule has 0 aliphatic heterocycles. The van der Waals surface area contributed by atoms with Crippen LogP contribution >= 0.6 is 0 Å². The first-order chi connectivity index (χ1) is 6.33. The minimum absolute atomic E-state index is 0.250. The van der Waals surface area contributed by atoms with Crippen LogP contribution in [0.2, 0.25) is 0 Å². The Labute approximate surface area is 77.9 Å².